The first-order valence-corrected chi connectivity index (χ1v) is 10.2. The summed E-state index contributed by atoms with van der Waals surface area (Å²) in [6.45, 7) is 3.84. The molecule has 1 aliphatic rings. The van der Waals surface area contributed by atoms with Gasteiger partial charge >= 0.3 is 0 Å². The number of hydrazone groups is 1. The molecular formula is C26H21ClN2O2. The number of allylic oxidation sites excluding steroid dienone is 2. The van der Waals surface area contributed by atoms with Gasteiger partial charge in [-0.15, -0.1) is 0 Å². The summed E-state index contributed by atoms with van der Waals surface area (Å²) in [6, 6.07) is 22.2. The highest BCUT2D eigenvalue weighted by atomic mass is 35.5. The lowest BCUT2D eigenvalue weighted by atomic mass is 9.95. The van der Waals surface area contributed by atoms with Gasteiger partial charge < -0.3 is 5.11 Å². The van der Waals surface area contributed by atoms with E-state index in [9.17, 15) is 9.90 Å². The molecule has 154 valence electrons. The fourth-order valence-electron chi connectivity index (χ4n) is 3.45. The van der Waals surface area contributed by atoms with Crippen molar-refractivity contribution in [2.45, 2.75) is 13.8 Å². The van der Waals surface area contributed by atoms with Crippen molar-refractivity contribution in [2.75, 3.05) is 5.01 Å². The van der Waals surface area contributed by atoms with Crippen LogP contribution in [0.2, 0.25) is 5.02 Å². The number of para-hydroxylation sites is 1. The fourth-order valence-corrected chi connectivity index (χ4v) is 3.63. The van der Waals surface area contributed by atoms with Crippen molar-refractivity contribution in [2.24, 2.45) is 5.10 Å². The molecule has 0 unspecified atom stereocenters. The molecule has 3 aromatic carbocycles. The quantitative estimate of drug-likeness (QED) is 0.500. The first-order chi connectivity index (χ1) is 14.9. The number of carbonyl (C=O) groups excluding carboxylic acids is 1. The van der Waals surface area contributed by atoms with E-state index in [2.05, 4.69) is 5.10 Å². The van der Waals surface area contributed by atoms with Crippen molar-refractivity contribution in [1.82, 2.24) is 0 Å². The van der Waals surface area contributed by atoms with E-state index in [4.69, 9.17) is 11.6 Å². The summed E-state index contributed by atoms with van der Waals surface area (Å²) >= 11 is 6.09. The molecule has 0 spiro atoms. The van der Waals surface area contributed by atoms with Crippen LogP contribution in [0.3, 0.4) is 0 Å². The van der Waals surface area contributed by atoms with Crippen molar-refractivity contribution in [3.63, 3.8) is 0 Å². The maximum absolute atomic E-state index is 13.4. The van der Waals surface area contributed by atoms with E-state index in [-0.39, 0.29) is 11.7 Å². The molecule has 1 N–H and O–H groups in total. The average Bonchev–Trinajstić information content (AvgIpc) is 3.07. The van der Waals surface area contributed by atoms with E-state index in [1.54, 1.807) is 24.3 Å². The van der Waals surface area contributed by atoms with Crippen LogP contribution in [0.25, 0.3) is 11.6 Å². The third-order valence-electron chi connectivity index (χ3n) is 5.07. The predicted molar refractivity (Wildman–Crippen MR) is 127 cm³/mol. The molecule has 0 fully saturated rings. The third-order valence-corrected chi connectivity index (χ3v) is 5.30. The lowest BCUT2D eigenvalue weighted by molar-refractivity contribution is -0.114. The number of hydrogen-bond acceptors (Lipinski definition) is 3. The highest BCUT2D eigenvalue weighted by Crippen LogP contribution is 2.31. The average molecular weight is 429 g/mol. The van der Waals surface area contributed by atoms with Gasteiger partial charge in [0.05, 0.1) is 17.0 Å². The molecule has 0 aliphatic carbocycles. The maximum Gasteiger partial charge on any atom is 0.281 e. The minimum Gasteiger partial charge on any atom is -0.507 e. The molecule has 0 radical (unpaired) electrons. The van der Waals surface area contributed by atoms with Gasteiger partial charge in [-0.25, -0.2) is 0 Å². The van der Waals surface area contributed by atoms with Gasteiger partial charge in [0, 0.05) is 10.6 Å². The third kappa shape index (κ3) is 4.30. The van der Waals surface area contributed by atoms with Crippen LogP contribution in [0.15, 0.2) is 89.5 Å². The van der Waals surface area contributed by atoms with Gasteiger partial charge in [-0.05, 0) is 55.3 Å². The SMILES string of the molecule is CC1=NN(c2ccccc2)C(=O)/C1=C(\C=C/c1cc(Cl)ccc1O)c1ccc(C)cc1. The summed E-state index contributed by atoms with van der Waals surface area (Å²) in [4.78, 5) is 13.4. The molecule has 1 aliphatic heterocycles. The monoisotopic (exact) mass is 428 g/mol. The molecule has 31 heavy (non-hydrogen) atoms. The number of phenolic OH excluding ortho intramolecular Hbond substituents is 1. The van der Waals surface area contributed by atoms with Gasteiger partial charge in [0.2, 0.25) is 0 Å². The zero-order chi connectivity index (χ0) is 22.0. The molecule has 1 heterocycles. The van der Waals surface area contributed by atoms with Gasteiger partial charge in [-0.2, -0.15) is 10.1 Å². The van der Waals surface area contributed by atoms with Gasteiger partial charge in [-0.1, -0.05) is 71.8 Å². The van der Waals surface area contributed by atoms with Crippen LogP contribution in [0.4, 0.5) is 5.69 Å². The summed E-state index contributed by atoms with van der Waals surface area (Å²) in [5.41, 5.74) is 5.16. The van der Waals surface area contributed by atoms with Crippen LogP contribution in [0.1, 0.15) is 23.6 Å². The lowest BCUT2D eigenvalue weighted by Gasteiger charge is -2.13. The van der Waals surface area contributed by atoms with E-state index in [1.165, 1.54) is 5.01 Å². The number of amides is 1. The zero-order valence-electron chi connectivity index (χ0n) is 17.2. The molecule has 5 heteroatoms. The predicted octanol–water partition coefficient (Wildman–Crippen LogP) is 6.24. The summed E-state index contributed by atoms with van der Waals surface area (Å²) < 4.78 is 0. The Morgan fingerprint density at radius 2 is 1.71 bits per heavy atom. The van der Waals surface area contributed by atoms with Crippen molar-refractivity contribution < 1.29 is 9.90 Å². The standard InChI is InChI=1S/C26H21ClN2O2/c1-17-8-10-19(11-9-17)23(14-12-20-16-21(27)13-15-24(20)30)25-18(2)28-29(26(25)31)22-6-4-3-5-7-22/h3-16,30H,1-2H3/b14-12-,25-23+. The molecular weight excluding hydrogens is 408 g/mol. The molecule has 0 aromatic heterocycles. The van der Waals surface area contributed by atoms with Crippen molar-refractivity contribution in [3.05, 3.63) is 106 Å². The Morgan fingerprint density at radius 1 is 1.00 bits per heavy atom. The number of phenols is 1. The highest BCUT2D eigenvalue weighted by Gasteiger charge is 2.31. The van der Waals surface area contributed by atoms with Gasteiger partial charge in [0.25, 0.3) is 5.91 Å². The van der Waals surface area contributed by atoms with E-state index in [0.29, 0.717) is 27.6 Å². The molecule has 0 atom stereocenters. The Morgan fingerprint density at radius 3 is 2.42 bits per heavy atom. The number of aromatic hydroxyl groups is 1. The minimum absolute atomic E-state index is 0.114. The van der Waals surface area contributed by atoms with Crippen LogP contribution in [0.5, 0.6) is 5.75 Å². The fraction of sp³-hybridized carbons (Fsp3) is 0.0769. The topological polar surface area (TPSA) is 52.9 Å². The Balaban J connectivity index is 1.84. The van der Waals surface area contributed by atoms with Crippen molar-refractivity contribution in [3.8, 4) is 5.75 Å². The molecule has 4 rings (SSSR count). The number of rotatable bonds is 4. The van der Waals surface area contributed by atoms with Crippen LogP contribution < -0.4 is 5.01 Å². The van der Waals surface area contributed by atoms with E-state index < -0.39 is 0 Å². The van der Waals surface area contributed by atoms with E-state index in [0.717, 1.165) is 16.7 Å². The van der Waals surface area contributed by atoms with Crippen LogP contribution in [-0.2, 0) is 4.79 Å². The highest BCUT2D eigenvalue weighted by molar-refractivity contribution is 6.34. The summed E-state index contributed by atoms with van der Waals surface area (Å²) in [5.74, 6) is -0.0813. The minimum atomic E-state index is -0.195. The Hall–Kier alpha value is -3.63. The van der Waals surface area contributed by atoms with Crippen LogP contribution in [-0.4, -0.2) is 16.7 Å². The van der Waals surface area contributed by atoms with Crippen molar-refractivity contribution in [1.29, 1.82) is 0 Å². The Bertz CT molecular complexity index is 1230. The molecule has 1 amide bonds. The molecule has 0 saturated carbocycles. The molecule has 0 saturated heterocycles. The smallest absolute Gasteiger partial charge is 0.281 e. The van der Waals surface area contributed by atoms with Gasteiger partial charge in [0.15, 0.2) is 0 Å². The van der Waals surface area contributed by atoms with Crippen molar-refractivity contribution >= 4 is 40.6 Å². The number of aryl methyl sites for hydroxylation is 1. The van der Waals surface area contributed by atoms with Gasteiger partial charge in [0.1, 0.15) is 5.75 Å². The first kappa shape index (κ1) is 20.6. The number of halogens is 1. The Labute approximate surface area is 186 Å². The first-order valence-electron chi connectivity index (χ1n) is 9.87. The second-order valence-electron chi connectivity index (χ2n) is 7.33. The van der Waals surface area contributed by atoms with E-state index in [1.807, 2.05) is 74.5 Å². The Kier molecular flexibility index (Phi) is 5.74. The number of nitrogens with zero attached hydrogens (tertiary/aromatic N) is 2. The molecule has 0 bridgehead atoms. The second kappa shape index (κ2) is 8.62. The van der Waals surface area contributed by atoms with Crippen LogP contribution >= 0.6 is 11.6 Å². The molecule has 3 aromatic rings. The molecule has 4 nitrogen and oxygen atoms in total. The van der Waals surface area contributed by atoms with Crippen LogP contribution in [0, 0.1) is 6.92 Å². The van der Waals surface area contributed by atoms with Gasteiger partial charge in [-0.3, -0.25) is 4.79 Å². The number of carbonyl (C=O) groups is 1. The largest absolute Gasteiger partial charge is 0.507 e. The lowest BCUT2D eigenvalue weighted by Crippen LogP contribution is -2.21. The second-order valence-corrected chi connectivity index (χ2v) is 7.77. The number of benzene rings is 3. The summed E-state index contributed by atoms with van der Waals surface area (Å²) in [6.07, 6.45) is 3.59. The zero-order valence-corrected chi connectivity index (χ0v) is 18.0. The summed E-state index contributed by atoms with van der Waals surface area (Å²) in [5, 5.41) is 16.6. The van der Waals surface area contributed by atoms with E-state index >= 15 is 0 Å². The number of anilines is 1. The number of hydrogen-bond donors (Lipinski definition) is 1. The maximum atomic E-state index is 13.4. The summed E-state index contributed by atoms with van der Waals surface area (Å²) in [7, 11) is 0. The normalized spacial score (nSPS) is 15.5.